The van der Waals surface area contributed by atoms with Gasteiger partial charge in [0.2, 0.25) is 0 Å². The van der Waals surface area contributed by atoms with E-state index >= 15 is 0 Å². The Morgan fingerprint density at radius 1 is 0.656 bits per heavy atom. The zero-order valence-corrected chi connectivity index (χ0v) is 34.0. The number of rotatable bonds is 11. The number of pyridine rings is 4. The van der Waals surface area contributed by atoms with Gasteiger partial charge >= 0.3 is 0 Å². The van der Waals surface area contributed by atoms with Crippen LogP contribution in [0.25, 0.3) is 42.9 Å². The number of nitriles is 1. The van der Waals surface area contributed by atoms with Gasteiger partial charge in [-0.25, -0.2) is 15.0 Å². The van der Waals surface area contributed by atoms with Crippen molar-refractivity contribution in [3.05, 3.63) is 133 Å². The number of para-hydroxylation sites is 2. The molecular weight excluding hydrogens is 813 g/mol. The quantitative estimate of drug-likeness (QED) is 0.0607. The minimum absolute atomic E-state index is 0.109. The van der Waals surface area contributed by atoms with Crippen molar-refractivity contribution >= 4 is 59.3 Å². The molecule has 2 aliphatic carbocycles. The van der Waals surface area contributed by atoms with Crippen LogP contribution in [0.5, 0.6) is 11.5 Å². The lowest BCUT2D eigenvalue weighted by atomic mass is 9.89. The summed E-state index contributed by atoms with van der Waals surface area (Å²) in [4.78, 5) is 37.6. The highest BCUT2D eigenvalue weighted by molar-refractivity contribution is 7.22. The van der Waals surface area contributed by atoms with Crippen molar-refractivity contribution in [1.29, 1.82) is 5.26 Å². The molecule has 0 saturated heterocycles. The van der Waals surface area contributed by atoms with Crippen molar-refractivity contribution in [2.24, 2.45) is 5.73 Å². The molecule has 2 saturated carbocycles. The summed E-state index contributed by atoms with van der Waals surface area (Å²) in [5.74, 6) is 0.886. The van der Waals surface area contributed by atoms with Gasteiger partial charge in [0.15, 0.2) is 10.3 Å². The minimum Gasteiger partial charge on any atom is -0.488 e. The molecule has 0 atom stereocenters. The number of hydrogen-bond acceptors (Lipinski definition) is 16. The second-order valence-corrected chi connectivity index (χ2v) is 16.2. The van der Waals surface area contributed by atoms with E-state index in [9.17, 15) is 4.79 Å². The lowest BCUT2D eigenvalue weighted by molar-refractivity contribution is -0.176. The minimum atomic E-state index is -0.555. The first kappa shape index (κ1) is 40.7. The van der Waals surface area contributed by atoms with Crippen LogP contribution < -0.4 is 25.8 Å². The zero-order chi connectivity index (χ0) is 42.1. The van der Waals surface area contributed by atoms with Gasteiger partial charge in [-0.05, 0) is 72.8 Å². The summed E-state index contributed by atoms with van der Waals surface area (Å²) in [7, 11) is 0. The predicted molar refractivity (Wildman–Crippen MR) is 235 cm³/mol. The number of benzene rings is 2. The maximum Gasteiger partial charge on any atom is 0.267 e. The molecule has 2 aromatic carbocycles. The summed E-state index contributed by atoms with van der Waals surface area (Å²) in [6.45, 7) is 0. The number of aromatic nitrogens is 6. The van der Waals surface area contributed by atoms with Crippen molar-refractivity contribution in [2.75, 3.05) is 10.6 Å². The van der Waals surface area contributed by atoms with Crippen molar-refractivity contribution in [2.45, 2.75) is 50.0 Å². The standard InChI is InChI=1S/C22H19N5O2S.C22H17N5OS.H2O2/c23-21(28)17-8-7-13(12-25-17)20-18(5-3-9-24-20)29-15-10-14(11-15)26-22-27-16-4-1-2-6-19(16)30-22;23-12-15-8-7-14(13-25-15)21-19(5-3-9-24-21)28-17-10-16(11-17)26-22-27-18-4-1-2-6-20(18)29-22;1-2/h1-9,12,14-15H,10-11H2,(H2,23,28)(H,26,27);1-9,13,16-17H,10-11H2,(H,26,27);1-2H. The fraction of sp³-hybridized carbons (Fsp3) is 0.182. The molecule has 17 heteroatoms. The highest BCUT2D eigenvalue weighted by Crippen LogP contribution is 2.36. The second kappa shape index (κ2) is 18.9. The van der Waals surface area contributed by atoms with Gasteiger partial charge in [-0.3, -0.25) is 30.3 Å². The monoisotopic (exact) mass is 850 g/mol. The normalized spacial score (nSPS) is 17.5. The summed E-state index contributed by atoms with van der Waals surface area (Å²) in [6, 6.07) is 33.5. The van der Waals surface area contributed by atoms with Crippen LogP contribution in [0.15, 0.2) is 122 Å². The average molecular weight is 851 g/mol. The van der Waals surface area contributed by atoms with E-state index in [4.69, 9.17) is 31.0 Å². The van der Waals surface area contributed by atoms with E-state index in [0.717, 1.165) is 69.6 Å². The first-order valence-corrected chi connectivity index (χ1v) is 20.9. The van der Waals surface area contributed by atoms with E-state index in [1.54, 1.807) is 65.7 Å². The maximum atomic E-state index is 11.2. The van der Waals surface area contributed by atoms with E-state index in [1.165, 1.54) is 9.40 Å². The number of thiazole rings is 2. The molecule has 2 fully saturated rings. The number of ether oxygens (including phenoxy) is 2. The molecule has 6 aromatic heterocycles. The molecule has 6 N–H and O–H groups in total. The Morgan fingerprint density at radius 3 is 1.57 bits per heavy atom. The van der Waals surface area contributed by atoms with E-state index in [1.807, 2.05) is 72.8 Å². The van der Waals surface area contributed by atoms with Gasteiger partial charge in [0.05, 0.1) is 20.4 Å². The van der Waals surface area contributed by atoms with Crippen molar-refractivity contribution in [3.63, 3.8) is 0 Å². The molecule has 8 aromatic rings. The number of carbonyl (C=O) groups is 1. The average Bonchev–Trinajstić information content (AvgIpc) is 3.90. The molecule has 0 aliphatic heterocycles. The molecule has 0 radical (unpaired) electrons. The van der Waals surface area contributed by atoms with Crippen LogP contribution in [0.3, 0.4) is 0 Å². The molecular formula is C44H38N10O5S2. The van der Waals surface area contributed by atoms with Crippen LogP contribution in [0.1, 0.15) is 41.9 Å². The lowest BCUT2D eigenvalue weighted by Gasteiger charge is -2.36. The Bertz CT molecular complexity index is 2720. The van der Waals surface area contributed by atoms with E-state index in [2.05, 4.69) is 52.7 Å². The van der Waals surface area contributed by atoms with Crippen LogP contribution >= 0.6 is 22.7 Å². The van der Waals surface area contributed by atoms with Crippen molar-refractivity contribution in [1.82, 2.24) is 29.9 Å². The third kappa shape index (κ3) is 9.69. The third-order valence-electron chi connectivity index (χ3n) is 10.0. The Labute approximate surface area is 357 Å². The molecule has 0 spiro atoms. The fourth-order valence-electron chi connectivity index (χ4n) is 6.82. The summed E-state index contributed by atoms with van der Waals surface area (Å²) in [5.41, 5.74) is 11.0. The molecule has 306 valence electrons. The predicted octanol–water partition coefficient (Wildman–Crippen LogP) is 8.54. The SMILES string of the molecule is N#Cc1ccc(-c2ncccc2OC2CC(Nc3nc4ccccc4s3)C2)cn1.NC(=O)c1ccc(-c2ncccc2OC2CC(Nc3nc4ccccc4s3)C2)cn1.OO. The molecule has 6 heterocycles. The summed E-state index contributed by atoms with van der Waals surface area (Å²) < 4.78 is 14.8. The number of amides is 1. The molecule has 0 bridgehead atoms. The molecule has 61 heavy (non-hydrogen) atoms. The van der Waals surface area contributed by atoms with Gasteiger partial charge in [-0.1, -0.05) is 46.9 Å². The Balaban J connectivity index is 0.000000162. The molecule has 10 rings (SSSR count). The van der Waals surface area contributed by atoms with Crippen LogP contribution in [0, 0.1) is 11.3 Å². The number of anilines is 2. The molecule has 2 aliphatic rings. The first-order valence-electron chi connectivity index (χ1n) is 19.2. The van der Waals surface area contributed by atoms with Gasteiger partial charge in [0.1, 0.15) is 52.6 Å². The summed E-state index contributed by atoms with van der Waals surface area (Å²) in [5, 5.41) is 29.8. The van der Waals surface area contributed by atoms with Crippen molar-refractivity contribution < 1.29 is 24.8 Å². The van der Waals surface area contributed by atoms with Crippen LogP contribution in [0.2, 0.25) is 0 Å². The molecule has 1 amide bonds. The Morgan fingerprint density at radius 2 is 1.15 bits per heavy atom. The van der Waals surface area contributed by atoms with Gasteiger partial charge in [-0.2, -0.15) is 5.26 Å². The third-order valence-corrected chi connectivity index (χ3v) is 11.9. The Kier molecular flexibility index (Phi) is 12.6. The van der Waals surface area contributed by atoms with E-state index < -0.39 is 5.91 Å². The summed E-state index contributed by atoms with van der Waals surface area (Å²) in [6.07, 6.45) is 10.5. The lowest BCUT2D eigenvalue weighted by Crippen LogP contribution is -2.42. The number of primary amides is 1. The maximum absolute atomic E-state index is 11.2. The summed E-state index contributed by atoms with van der Waals surface area (Å²) >= 11 is 3.35. The van der Waals surface area contributed by atoms with E-state index in [0.29, 0.717) is 29.2 Å². The second-order valence-electron chi connectivity index (χ2n) is 14.1. The molecule has 15 nitrogen and oxygen atoms in total. The number of fused-ring (bicyclic) bond motifs is 2. The van der Waals surface area contributed by atoms with Crippen molar-refractivity contribution in [3.8, 4) is 40.1 Å². The first-order chi connectivity index (χ1) is 29.9. The largest absolute Gasteiger partial charge is 0.488 e. The topological polar surface area (TPSA) is 227 Å². The number of nitrogens with zero attached hydrogens (tertiary/aromatic N) is 7. The van der Waals surface area contributed by atoms with Crippen LogP contribution in [-0.2, 0) is 0 Å². The van der Waals surface area contributed by atoms with E-state index in [-0.39, 0.29) is 17.9 Å². The number of hydrogen-bond donors (Lipinski definition) is 5. The highest BCUT2D eigenvalue weighted by atomic mass is 32.1. The van der Waals surface area contributed by atoms with Crippen LogP contribution in [0.4, 0.5) is 10.3 Å². The number of nitrogens with two attached hydrogens (primary N) is 1. The number of nitrogens with one attached hydrogen (secondary N) is 2. The smallest absolute Gasteiger partial charge is 0.267 e. The zero-order valence-electron chi connectivity index (χ0n) is 32.3. The van der Waals surface area contributed by atoms with Gasteiger partial charge in [0, 0.05) is 73.7 Å². The van der Waals surface area contributed by atoms with Gasteiger partial charge < -0.3 is 25.8 Å². The van der Waals surface area contributed by atoms with Gasteiger partial charge in [0.25, 0.3) is 5.91 Å². The number of carbonyl (C=O) groups excluding carboxylic acids is 1. The fourth-order valence-corrected chi connectivity index (χ4v) is 8.71. The Hall–Kier alpha value is -7.10. The molecule has 0 unspecified atom stereocenters. The highest BCUT2D eigenvalue weighted by Gasteiger charge is 2.33. The van der Waals surface area contributed by atoms with Gasteiger partial charge in [-0.15, -0.1) is 0 Å². The van der Waals surface area contributed by atoms with Crippen LogP contribution in [-0.4, -0.2) is 70.6 Å².